The molecule has 1 aliphatic heterocycles. The van der Waals surface area contributed by atoms with Gasteiger partial charge in [-0.25, -0.2) is 0 Å². The van der Waals surface area contributed by atoms with Crippen LogP contribution in [0, 0.1) is 28.6 Å². The first kappa shape index (κ1) is 28.3. The first-order valence-corrected chi connectivity index (χ1v) is 18.5. The van der Waals surface area contributed by atoms with Crippen LogP contribution >= 0.6 is 0 Å². The van der Waals surface area contributed by atoms with Crippen molar-refractivity contribution >= 4 is 24.2 Å². The second-order valence-electron chi connectivity index (χ2n) is 14.4. The zero-order valence-electron chi connectivity index (χ0n) is 24.3. The minimum absolute atomic E-state index is 0.0558. The van der Waals surface area contributed by atoms with Crippen LogP contribution in [-0.2, 0) is 28.3 Å². The molecule has 1 spiro atoms. The Labute approximate surface area is 228 Å². The number of carbonyl (C=O) groups is 1. The highest BCUT2D eigenvalue weighted by Crippen LogP contribution is 2.76. The minimum Gasteiger partial charge on any atom is -0.544 e. The Morgan fingerprint density at radius 1 is 1.24 bits per heavy atom. The predicted octanol–water partition coefficient (Wildman–Crippen LogP) is 4.89. The number of epoxide rings is 1. The van der Waals surface area contributed by atoms with Gasteiger partial charge in [0.2, 0.25) is 8.32 Å². The normalized spacial score (nSPS) is 43.7. The van der Waals surface area contributed by atoms with E-state index in [9.17, 15) is 18.3 Å². The molecule has 7 nitrogen and oxygen atoms in total. The fourth-order valence-electron chi connectivity index (χ4n) is 8.11. The van der Waals surface area contributed by atoms with Gasteiger partial charge in [-0.2, -0.15) is 8.42 Å². The van der Waals surface area contributed by atoms with Crippen LogP contribution in [0.15, 0.2) is 35.6 Å². The van der Waals surface area contributed by atoms with Crippen LogP contribution in [0.1, 0.15) is 60.8 Å². The van der Waals surface area contributed by atoms with Crippen LogP contribution in [0.5, 0.6) is 0 Å². The fraction of sp³-hybridized carbons (Fsp3) is 0.759. The molecule has 5 aliphatic rings. The van der Waals surface area contributed by atoms with Gasteiger partial charge in [0.05, 0.1) is 12.4 Å². The molecule has 0 amide bonds. The van der Waals surface area contributed by atoms with E-state index in [1.54, 1.807) is 0 Å². The Hall–Kier alpha value is -1.26. The Kier molecular flexibility index (Phi) is 6.06. The van der Waals surface area contributed by atoms with Crippen molar-refractivity contribution in [3.8, 4) is 0 Å². The maximum absolute atomic E-state index is 13.4. The van der Waals surface area contributed by atoms with Crippen molar-refractivity contribution in [2.75, 3.05) is 12.9 Å². The summed E-state index contributed by atoms with van der Waals surface area (Å²) in [6, 6.07) is 0. The molecule has 0 aromatic heterocycles. The summed E-state index contributed by atoms with van der Waals surface area (Å²) in [5.74, 6) is 0.238. The van der Waals surface area contributed by atoms with E-state index in [0.717, 1.165) is 18.4 Å². The lowest BCUT2D eigenvalue weighted by molar-refractivity contribution is -0.164. The summed E-state index contributed by atoms with van der Waals surface area (Å²) in [5.41, 5.74) is -1.89. The molecule has 2 saturated carbocycles. The van der Waals surface area contributed by atoms with Crippen LogP contribution in [0.2, 0.25) is 18.1 Å². The Morgan fingerprint density at radius 3 is 2.50 bits per heavy atom. The molecule has 9 heteroatoms. The van der Waals surface area contributed by atoms with E-state index in [1.165, 1.54) is 5.57 Å². The number of hydrogen-bond donors (Lipinski definition) is 1. The van der Waals surface area contributed by atoms with Crippen LogP contribution < -0.4 is 0 Å². The van der Waals surface area contributed by atoms with Gasteiger partial charge in [-0.1, -0.05) is 46.8 Å². The summed E-state index contributed by atoms with van der Waals surface area (Å²) in [5, 5.41) is 12.1. The van der Waals surface area contributed by atoms with E-state index in [-0.39, 0.29) is 39.9 Å². The molecule has 8 atom stereocenters. The number of Topliss-reactive ketones (excluding diaryl/α,β-unsaturated/α-hetero) is 1. The number of ketones is 1. The summed E-state index contributed by atoms with van der Waals surface area (Å²) in [6.07, 6.45) is 11.7. The number of allylic oxidation sites excluding steroid dienone is 3. The van der Waals surface area contributed by atoms with Crippen LogP contribution in [0.4, 0.5) is 0 Å². The van der Waals surface area contributed by atoms with Gasteiger partial charge in [-0.15, -0.1) is 0 Å². The van der Waals surface area contributed by atoms with Crippen LogP contribution in [0.25, 0.3) is 0 Å². The van der Waals surface area contributed by atoms with E-state index in [2.05, 4.69) is 65.1 Å². The standard InChI is InChI=1S/C29H44O7SSi/c1-18-14-22-21-11-10-19-15-20(36-38(8,9)25(2,3)4)12-13-26(19,5)29(21)24(35-29)16-27(22,6)28(18,31)23(30)17-34-37(7,32)33/h10,12-13,15,18,21-22,24,31H,11,14,16-17H2,1-9H3/t18-,21+,22+,24+,26+,27+,28+,29-/m1/s1. The maximum atomic E-state index is 13.4. The number of aliphatic hydroxyl groups is 1. The van der Waals surface area contributed by atoms with Crippen LogP contribution in [0.3, 0.4) is 0 Å². The molecule has 1 saturated heterocycles. The average Bonchev–Trinajstić information content (AvgIpc) is 3.46. The second-order valence-corrected chi connectivity index (χ2v) is 20.7. The molecule has 212 valence electrons. The van der Waals surface area contributed by atoms with Gasteiger partial charge in [-0.3, -0.25) is 8.98 Å². The molecule has 3 fully saturated rings. The highest BCUT2D eigenvalue weighted by atomic mass is 32.2. The lowest BCUT2D eigenvalue weighted by Crippen LogP contribution is -2.62. The molecule has 1 heterocycles. The van der Waals surface area contributed by atoms with E-state index < -0.39 is 41.8 Å². The largest absolute Gasteiger partial charge is 0.544 e. The van der Waals surface area contributed by atoms with E-state index in [0.29, 0.717) is 12.8 Å². The third kappa shape index (κ3) is 3.67. The molecule has 0 aromatic rings. The summed E-state index contributed by atoms with van der Waals surface area (Å²) in [7, 11) is -5.78. The van der Waals surface area contributed by atoms with Gasteiger partial charge in [0.25, 0.3) is 10.1 Å². The molecular formula is C29H44O7SSi. The molecule has 0 aromatic carbocycles. The summed E-state index contributed by atoms with van der Waals surface area (Å²) in [6.45, 7) is 16.7. The fourth-order valence-corrected chi connectivity index (χ4v) is 9.45. The van der Waals surface area contributed by atoms with E-state index in [4.69, 9.17) is 13.3 Å². The first-order valence-electron chi connectivity index (χ1n) is 13.8. The number of fused-ring (bicyclic) bond motifs is 3. The third-order valence-electron chi connectivity index (χ3n) is 11.3. The number of hydrogen-bond acceptors (Lipinski definition) is 7. The molecule has 0 bridgehead atoms. The van der Waals surface area contributed by atoms with Gasteiger partial charge in [0, 0.05) is 10.8 Å². The topological polar surface area (TPSA) is 102 Å². The molecular weight excluding hydrogens is 520 g/mol. The van der Waals surface area contributed by atoms with Crippen molar-refractivity contribution in [2.24, 2.45) is 28.6 Å². The second kappa shape index (κ2) is 8.15. The Morgan fingerprint density at radius 2 is 1.89 bits per heavy atom. The third-order valence-corrected chi connectivity index (χ3v) is 16.2. The van der Waals surface area contributed by atoms with Gasteiger partial charge in [0.1, 0.15) is 23.6 Å². The van der Waals surface area contributed by atoms with E-state index in [1.807, 2.05) is 13.8 Å². The number of ether oxygens (including phenoxy) is 1. The first-order chi connectivity index (χ1) is 17.2. The predicted molar refractivity (Wildman–Crippen MR) is 148 cm³/mol. The van der Waals surface area contributed by atoms with Gasteiger partial charge in [0.15, 0.2) is 5.78 Å². The Balaban J connectivity index is 1.46. The van der Waals surface area contributed by atoms with Crippen molar-refractivity contribution < 1.29 is 31.7 Å². The highest BCUT2D eigenvalue weighted by molar-refractivity contribution is 7.86. The number of carbonyl (C=O) groups excluding carboxylic acids is 1. The molecule has 4 aliphatic carbocycles. The lowest BCUT2D eigenvalue weighted by atomic mass is 9.48. The zero-order chi connectivity index (χ0) is 28.3. The highest BCUT2D eigenvalue weighted by Gasteiger charge is 2.81. The van der Waals surface area contributed by atoms with Crippen molar-refractivity contribution in [3.63, 3.8) is 0 Å². The summed E-state index contributed by atoms with van der Waals surface area (Å²) in [4.78, 5) is 13.4. The molecule has 5 rings (SSSR count). The van der Waals surface area contributed by atoms with Gasteiger partial charge >= 0.3 is 0 Å². The monoisotopic (exact) mass is 564 g/mol. The number of rotatable bonds is 6. The smallest absolute Gasteiger partial charge is 0.264 e. The molecule has 1 N–H and O–H groups in total. The lowest BCUT2D eigenvalue weighted by Gasteiger charge is -2.54. The maximum Gasteiger partial charge on any atom is 0.264 e. The molecule has 0 radical (unpaired) electrons. The van der Waals surface area contributed by atoms with Crippen molar-refractivity contribution in [1.29, 1.82) is 0 Å². The van der Waals surface area contributed by atoms with Crippen LogP contribution in [-0.4, -0.2) is 57.8 Å². The average molecular weight is 565 g/mol. The zero-order valence-corrected chi connectivity index (χ0v) is 26.1. The van der Waals surface area contributed by atoms with Crippen molar-refractivity contribution in [2.45, 2.75) is 96.2 Å². The summed E-state index contributed by atoms with van der Waals surface area (Å²) >= 11 is 0. The van der Waals surface area contributed by atoms with Gasteiger partial charge in [-0.05, 0) is 79.8 Å². The van der Waals surface area contributed by atoms with E-state index >= 15 is 0 Å². The summed E-state index contributed by atoms with van der Waals surface area (Å²) < 4.78 is 41.2. The SMILES string of the molecule is C[C@@H]1C[C@H]2[C@@H]3CC=C4C=C(O[Si](C)(C)C(C)(C)C)C=C[C@]4(C)[C@@]34O[C@H]4C[C@]2(C)[C@@]1(O)C(=O)COS(C)(=O)=O. The molecule has 38 heavy (non-hydrogen) atoms. The van der Waals surface area contributed by atoms with Crippen molar-refractivity contribution in [1.82, 2.24) is 0 Å². The molecule has 0 unspecified atom stereocenters. The van der Waals surface area contributed by atoms with Crippen molar-refractivity contribution in [3.05, 3.63) is 35.6 Å². The quantitative estimate of drug-likeness (QED) is 0.278. The van der Waals surface area contributed by atoms with Gasteiger partial charge < -0.3 is 14.3 Å². The Bertz CT molecular complexity index is 1260. The minimum atomic E-state index is -3.80.